The van der Waals surface area contributed by atoms with E-state index < -0.39 is 12.0 Å². The molecule has 110 valence electrons. The van der Waals surface area contributed by atoms with Crippen LogP contribution in [-0.4, -0.2) is 27.7 Å². The third-order valence-corrected chi connectivity index (χ3v) is 3.75. The standard InChI is InChI=1S/C15H17N3O3/c16-14(15(19)20)13-7-12(17-21-13)9-18-6-5-10-3-1-2-4-11(10)8-18/h1-4,7,14H,5-6,8-9,16H2,(H,19,20)/t14-/m0/s1. The molecule has 0 spiro atoms. The van der Waals surface area contributed by atoms with Gasteiger partial charge in [-0.15, -0.1) is 0 Å². The molecule has 0 unspecified atom stereocenters. The van der Waals surface area contributed by atoms with Gasteiger partial charge in [0.2, 0.25) is 0 Å². The van der Waals surface area contributed by atoms with Crippen molar-refractivity contribution in [2.75, 3.05) is 6.54 Å². The second kappa shape index (κ2) is 5.67. The van der Waals surface area contributed by atoms with Crippen LogP contribution >= 0.6 is 0 Å². The smallest absolute Gasteiger partial charge is 0.328 e. The summed E-state index contributed by atoms with van der Waals surface area (Å²) in [6.07, 6.45) is 1.01. The molecule has 3 rings (SSSR count). The molecule has 6 heteroatoms. The molecular formula is C15H17N3O3. The lowest BCUT2D eigenvalue weighted by Gasteiger charge is -2.27. The van der Waals surface area contributed by atoms with E-state index in [1.165, 1.54) is 11.1 Å². The number of carbonyl (C=O) groups is 1. The molecule has 2 aromatic rings. The lowest BCUT2D eigenvalue weighted by atomic mass is 10.00. The molecule has 0 fully saturated rings. The van der Waals surface area contributed by atoms with Crippen LogP contribution in [0.5, 0.6) is 0 Å². The van der Waals surface area contributed by atoms with Crippen molar-refractivity contribution in [2.45, 2.75) is 25.6 Å². The molecule has 0 amide bonds. The second-order valence-corrected chi connectivity index (χ2v) is 5.27. The molecule has 3 N–H and O–H groups in total. The van der Waals surface area contributed by atoms with Crippen LogP contribution in [0.2, 0.25) is 0 Å². The van der Waals surface area contributed by atoms with E-state index in [0.29, 0.717) is 12.2 Å². The summed E-state index contributed by atoms with van der Waals surface area (Å²) in [5, 5.41) is 12.8. The van der Waals surface area contributed by atoms with Crippen molar-refractivity contribution >= 4 is 5.97 Å². The van der Waals surface area contributed by atoms with Crippen molar-refractivity contribution in [1.82, 2.24) is 10.1 Å². The summed E-state index contributed by atoms with van der Waals surface area (Å²) in [6, 6.07) is 8.87. The average molecular weight is 287 g/mol. The first-order chi connectivity index (χ1) is 10.1. The van der Waals surface area contributed by atoms with Gasteiger partial charge >= 0.3 is 5.97 Å². The Labute approximate surface area is 122 Å². The van der Waals surface area contributed by atoms with Gasteiger partial charge in [-0.3, -0.25) is 9.69 Å². The number of nitrogens with two attached hydrogens (primary N) is 1. The molecular weight excluding hydrogens is 270 g/mol. The third-order valence-electron chi connectivity index (χ3n) is 3.75. The number of hydrogen-bond donors (Lipinski definition) is 2. The SMILES string of the molecule is N[C@H](C(=O)O)c1cc(CN2CCc3ccccc3C2)no1. The fourth-order valence-electron chi connectivity index (χ4n) is 2.59. The Bertz CT molecular complexity index is 653. The van der Waals surface area contributed by atoms with Gasteiger partial charge in [0, 0.05) is 25.7 Å². The summed E-state index contributed by atoms with van der Waals surface area (Å²) in [7, 11) is 0. The maximum absolute atomic E-state index is 10.8. The van der Waals surface area contributed by atoms with Crippen LogP contribution in [0.4, 0.5) is 0 Å². The Kier molecular flexibility index (Phi) is 3.72. The van der Waals surface area contributed by atoms with Gasteiger partial charge in [-0.2, -0.15) is 0 Å². The molecule has 0 bridgehead atoms. The van der Waals surface area contributed by atoms with Gasteiger partial charge < -0.3 is 15.4 Å². The number of aromatic nitrogens is 1. The van der Waals surface area contributed by atoms with E-state index >= 15 is 0 Å². The van der Waals surface area contributed by atoms with Crippen LogP contribution < -0.4 is 5.73 Å². The number of nitrogens with zero attached hydrogens (tertiary/aromatic N) is 2. The fraction of sp³-hybridized carbons (Fsp3) is 0.333. The van der Waals surface area contributed by atoms with E-state index in [9.17, 15) is 4.79 Å². The predicted octanol–water partition coefficient (Wildman–Crippen LogP) is 1.32. The number of benzene rings is 1. The Hall–Kier alpha value is -2.18. The minimum absolute atomic E-state index is 0.190. The van der Waals surface area contributed by atoms with Crippen molar-refractivity contribution in [1.29, 1.82) is 0 Å². The Morgan fingerprint density at radius 2 is 2.19 bits per heavy atom. The highest BCUT2D eigenvalue weighted by molar-refractivity contribution is 5.74. The third kappa shape index (κ3) is 2.96. The van der Waals surface area contributed by atoms with E-state index in [0.717, 1.165) is 19.5 Å². The summed E-state index contributed by atoms with van der Waals surface area (Å²) in [5.74, 6) is -0.931. The second-order valence-electron chi connectivity index (χ2n) is 5.27. The Morgan fingerprint density at radius 3 is 2.95 bits per heavy atom. The highest BCUT2D eigenvalue weighted by Gasteiger charge is 2.21. The molecule has 0 radical (unpaired) electrons. The summed E-state index contributed by atoms with van der Waals surface area (Å²) < 4.78 is 5.02. The van der Waals surface area contributed by atoms with Gasteiger partial charge in [0.05, 0.1) is 5.69 Å². The van der Waals surface area contributed by atoms with Crippen LogP contribution in [0.25, 0.3) is 0 Å². The number of fused-ring (bicyclic) bond motifs is 1. The molecule has 6 nitrogen and oxygen atoms in total. The molecule has 1 aromatic carbocycles. The molecule has 2 heterocycles. The van der Waals surface area contributed by atoms with Gasteiger partial charge in [-0.05, 0) is 17.5 Å². The topological polar surface area (TPSA) is 92.6 Å². The Morgan fingerprint density at radius 1 is 1.43 bits per heavy atom. The van der Waals surface area contributed by atoms with Gasteiger partial charge in [-0.1, -0.05) is 29.4 Å². The summed E-state index contributed by atoms with van der Waals surface area (Å²) >= 11 is 0. The molecule has 0 saturated carbocycles. The van der Waals surface area contributed by atoms with Crippen molar-refractivity contribution in [3.63, 3.8) is 0 Å². The van der Waals surface area contributed by atoms with E-state index in [1.807, 2.05) is 6.07 Å². The van der Waals surface area contributed by atoms with Crippen molar-refractivity contribution in [3.05, 3.63) is 52.9 Å². The average Bonchev–Trinajstić information content (AvgIpc) is 2.94. The van der Waals surface area contributed by atoms with Crippen molar-refractivity contribution < 1.29 is 14.4 Å². The van der Waals surface area contributed by atoms with Crippen molar-refractivity contribution in [2.24, 2.45) is 5.73 Å². The zero-order chi connectivity index (χ0) is 14.8. The van der Waals surface area contributed by atoms with Crippen molar-refractivity contribution in [3.8, 4) is 0 Å². The normalized spacial score (nSPS) is 16.4. The van der Waals surface area contributed by atoms with E-state index in [-0.39, 0.29) is 5.76 Å². The van der Waals surface area contributed by atoms with Gasteiger partial charge in [0.1, 0.15) is 0 Å². The van der Waals surface area contributed by atoms with Gasteiger partial charge in [-0.25, -0.2) is 0 Å². The minimum Gasteiger partial charge on any atom is -0.480 e. The number of aliphatic carboxylic acids is 1. The molecule has 21 heavy (non-hydrogen) atoms. The number of rotatable bonds is 4. The van der Waals surface area contributed by atoms with E-state index in [1.54, 1.807) is 6.07 Å². The minimum atomic E-state index is -1.16. The summed E-state index contributed by atoms with van der Waals surface area (Å²) in [4.78, 5) is 13.1. The number of carboxylic acids is 1. The maximum Gasteiger partial charge on any atom is 0.328 e. The quantitative estimate of drug-likeness (QED) is 0.881. The summed E-state index contributed by atoms with van der Waals surface area (Å²) in [6.45, 7) is 2.44. The highest BCUT2D eigenvalue weighted by Crippen LogP contribution is 2.21. The largest absolute Gasteiger partial charge is 0.480 e. The summed E-state index contributed by atoms with van der Waals surface area (Å²) in [5.41, 5.74) is 8.93. The van der Waals surface area contributed by atoms with Gasteiger partial charge in [0.15, 0.2) is 11.8 Å². The molecule has 0 aliphatic carbocycles. The first-order valence-corrected chi connectivity index (χ1v) is 6.86. The molecule has 1 aromatic heterocycles. The van der Waals surface area contributed by atoms with Gasteiger partial charge in [0.25, 0.3) is 0 Å². The fourth-order valence-corrected chi connectivity index (χ4v) is 2.59. The highest BCUT2D eigenvalue weighted by atomic mass is 16.5. The van der Waals surface area contributed by atoms with E-state index in [2.05, 4.69) is 28.3 Å². The molecule has 1 atom stereocenters. The van der Waals surface area contributed by atoms with Crippen LogP contribution in [-0.2, 0) is 24.3 Å². The predicted molar refractivity (Wildman–Crippen MR) is 75.3 cm³/mol. The van der Waals surface area contributed by atoms with E-state index in [4.69, 9.17) is 15.4 Å². The molecule has 1 aliphatic rings. The molecule has 0 saturated heterocycles. The number of hydrogen-bond acceptors (Lipinski definition) is 5. The zero-order valence-electron chi connectivity index (χ0n) is 11.5. The lowest BCUT2D eigenvalue weighted by molar-refractivity contribution is -0.139. The zero-order valence-corrected chi connectivity index (χ0v) is 11.5. The Balaban J connectivity index is 1.67. The number of carboxylic acid groups (broad SMARTS) is 1. The van der Waals surface area contributed by atoms with Crippen LogP contribution in [0, 0.1) is 0 Å². The molecule has 1 aliphatic heterocycles. The lowest BCUT2D eigenvalue weighted by Crippen LogP contribution is -2.30. The first-order valence-electron chi connectivity index (χ1n) is 6.86. The monoisotopic (exact) mass is 287 g/mol. The maximum atomic E-state index is 10.8. The van der Waals surface area contributed by atoms with Crippen LogP contribution in [0.3, 0.4) is 0 Å². The van der Waals surface area contributed by atoms with Crippen LogP contribution in [0.15, 0.2) is 34.9 Å². The first kappa shape index (κ1) is 13.8. The van der Waals surface area contributed by atoms with Crippen LogP contribution in [0.1, 0.15) is 28.6 Å².